The summed E-state index contributed by atoms with van der Waals surface area (Å²) in [5, 5.41) is 35.7. The van der Waals surface area contributed by atoms with Crippen LogP contribution in [0.3, 0.4) is 0 Å². The normalized spacial score (nSPS) is 36.2. The molecule has 0 heterocycles. The second-order valence-electron chi connectivity index (χ2n) is 21.1. The summed E-state index contributed by atoms with van der Waals surface area (Å²) in [6.07, 6.45) is 9.84. The molecule has 0 aliphatic heterocycles. The minimum atomic E-state index is -0.0981. The van der Waals surface area contributed by atoms with Crippen molar-refractivity contribution < 1.29 is 15.3 Å². The highest BCUT2D eigenvalue weighted by molar-refractivity contribution is 5.52. The summed E-state index contributed by atoms with van der Waals surface area (Å²) in [6, 6.07) is 13.6. The quantitative estimate of drug-likeness (QED) is 0.254. The van der Waals surface area contributed by atoms with Crippen LogP contribution in [0.15, 0.2) is 36.4 Å². The molecule has 3 heteroatoms. The Bertz CT molecular complexity index is 1920. The Hall–Kier alpha value is -2.94. The van der Waals surface area contributed by atoms with Gasteiger partial charge in [-0.2, -0.15) is 0 Å². The van der Waals surface area contributed by atoms with Gasteiger partial charge in [-0.25, -0.2) is 0 Å². The molecule has 0 amide bonds. The van der Waals surface area contributed by atoms with Crippen LogP contribution in [0.5, 0.6) is 17.2 Å². The molecular formula is C49H64O3. The van der Waals surface area contributed by atoms with Gasteiger partial charge in [0, 0.05) is 0 Å². The zero-order chi connectivity index (χ0) is 36.8. The van der Waals surface area contributed by atoms with Crippen molar-refractivity contribution in [2.24, 2.45) is 47.3 Å². The molecule has 0 aromatic heterocycles. The Labute approximate surface area is 313 Å². The molecule has 0 saturated heterocycles. The summed E-state index contributed by atoms with van der Waals surface area (Å²) in [5.74, 6) is 8.48. The van der Waals surface area contributed by atoms with E-state index in [1.165, 1.54) is 95.9 Å². The molecule has 6 aliphatic carbocycles. The maximum Gasteiger partial charge on any atom is 0.122 e. The Balaban J connectivity index is 1.03. The first-order valence-electron chi connectivity index (χ1n) is 21.0. The molecule has 12 atom stereocenters. The molecule has 3 aromatic rings. The molecule has 52 heavy (non-hydrogen) atoms. The molecule has 3 N–H and O–H groups in total. The average Bonchev–Trinajstić information content (AvgIpc) is 3.90. The van der Waals surface area contributed by atoms with Crippen LogP contribution in [-0.2, 0) is 10.8 Å². The lowest BCUT2D eigenvalue weighted by Crippen LogP contribution is -2.28. The fourth-order valence-corrected chi connectivity index (χ4v) is 14.5. The summed E-state index contributed by atoms with van der Waals surface area (Å²) in [7, 11) is 0. The van der Waals surface area contributed by atoms with Gasteiger partial charge < -0.3 is 15.3 Å². The molecule has 6 fully saturated rings. The predicted molar refractivity (Wildman–Crippen MR) is 212 cm³/mol. The third kappa shape index (κ3) is 5.16. The topological polar surface area (TPSA) is 60.7 Å². The van der Waals surface area contributed by atoms with E-state index in [-0.39, 0.29) is 10.8 Å². The number of rotatable bonds is 4. The number of fused-ring (bicyclic) bond motifs is 10. The molecule has 6 saturated carbocycles. The van der Waals surface area contributed by atoms with E-state index in [1.54, 1.807) is 0 Å². The van der Waals surface area contributed by atoms with E-state index in [4.69, 9.17) is 0 Å². The largest absolute Gasteiger partial charge is 0.508 e. The molecule has 0 radical (unpaired) electrons. The van der Waals surface area contributed by atoms with Crippen LogP contribution in [0.25, 0.3) is 0 Å². The molecule has 3 aromatic carbocycles. The zero-order valence-corrected chi connectivity index (χ0v) is 33.4. The summed E-state index contributed by atoms with van der Waals surface area (Å²) in [5.41, 5.74) is 10.9. The van der Waals surface area contributed by atoms with Crippen molar-refractivity contribution in [3.05, 3.63) is 86.5 Å². The summed E-state index contributed by atoms with van der Waals surface area (Å²) >= 11 is 0. The van der Waals surface area contributed by atoms with Crippen LogP contribution in [0.4, 0.5) is 0 Å². The first kappa shape index (κ1) is 34.8. The number of hydrogen-bond acceptors (Lipinski definition) is 3. The van der Waals surface area contributed by atoms with E-state index in [1.807, 2.05) is 0 Å². The third-order valence-electron chi connectivity index (χ3n) is 16.2. The highest BCUT2D eigenvalue weighted by Crippen LogP contribution is 2.71. The second-order valence-corrected chi connectivity index (χ2v) is 21.1. The Morgan fingerprint density at radius 2 is 0.923 bits per heavy atom. The number of benzene rings is 3. The van der Waals surface area contributed by atoms with Crippen molar-refractivity contribution >= 4 is 0 Å². The SMILES string of the molecule is Cc1cc(C2CC3CC2C2C(c4cc(C)c(C(C)(C)C)cc4O)CCC32)c(O)c(C2CCC3C4CC(c5cc(C)cc(C(C)(C)C)c5O)C(C4)C23)c1. The van der Waals surface area contributed by atoms with Crippen LogP contribution in [-0.4, -0.2) is 15.3 Å². The molecule has 6 aliphatic rings. The van der Waals surface area contributed by atoms with E-state index in [9.17, 15) is 15.3 Å². The number of aryl methyl sites for hydroxylation is 3. The van der Waals surface area contributed by atoms with Crippen molar-refractivity contribution in [2.75, 3.05) is 0 Å². The van der Waals surface area contributed by atoms with Crippen molar-refractivity contribution in [3.63, 3.8) is 0 Å². The van der Waals surface area contributed by atoms with Crippen molar-refractivity contribution in [2.45, 2.75) is 148 Å². The Kier molecular flexibility index (Phi) is 7.88. The minimum Gasteiger partial charge on any atom is -0.508 e. The maximum absolute atomic E-state index is 12.5. The fraction of sp³-hybridized carbons (Fsp3) is 0.633. The lowest BCUT2D eigenvalue weighted by atomic mass is 9.67. The Morgan fingerprint density at radius 1 is 0.462 bits per heavy atom. The van der Waals surface area contributed by atoms with E-state index in [0.717, 1.165) is 29.2 Å². The molecule has 12 unspecified atom stereocenters. The van der Waals surface area contributed by atoms with Gasteiger partial charge in [0.25, 0.3) is 0 Å². The third-order valence-corrected chi connectivity index (χ3v) is 16.2. The van der Waals surface area contributed by atoms with E-state index in [0.29, 0.717) is 64.6 Å². The number of hydrogen-bond donors (Lipinski definition) is 3. The van der Waals surface area contributed by atoms with Crippen molar-refractivity contribution in [3.8, 4) is 17.2 Å². The van der Waals surface area contributed by atoms with E-state index in [2.05, 4.69) is 98.7 Å². The smallest absolute Gasteiger partial charge is 0.122 e. The summed E-state index contributed by atoms with van der Waals surface area (Å²) < 4.78 is 0. The maximum atomic E-state index is 12.5. The molecule has 9 rings (SSSR count). The standard InChI is InChI=1S/C49H64O3/c1-24-14-38(32-13-11-30-28-20-34(37(22-28)45(30)32)40-16-25(2)17-42(47(40)52)49(7,8)9)46(51)39(15-24)33-19-27-21-36(33)44-29(27)10-12-31(44)35-18-26(3)41(23-43(35)50)48(4,5)6/h14-18,23,27-34,36-37,44-45,50-52H,10-13,19-22H2,1-9H3. The van der Waals surface area contributed by atoms with Gasteiger partial charge >= 0.3 is 0 Å². The predicted octanol–water partition coefficient (Wildman–Crippen LogP) is 12.2. The monoisotopic (exact) mass is 700 g/mol. The van der Waals surface area contributed by atoms with E-state index < -0.39 is 0 Å². The van der Waals surface area contributed by atoms with Gasteiger partial charge in [0.2, 0.25) is 0 Å². The van der Waals surface area contributed by atoms with Gasteiger partial charge in [-0.3, -0.25) is 0 Å². The van der Waals surface area contributed by atoms with Crippen molar-refractivity contribution in [1.29, 1.82) is 0 Å². The van der Waals surface area contributed by atoms with Crippen LogP contribution in [0.2, 0.25) is 0 Å². The lowest BCUT2D eigenvalue weighted by Gasteiger charge is -2.38. The van der Waals surface area contributed by atoms with Crippen molar-refractivity contribution in [1.82, 2.24) is 0 Å². The molecule has 3 nitrogen and oxygen atoms in total. The first-order chi connectivity index (χ1) is 24.5. The van der Waals surface area contributed by atoms with Crippen LogP contribution >= 0.6 is 0 Å². The summed E-state index contributed by atoms with van der Waals surface area (Å²) in [6.45, 7) is 20.0. The fourth-order valence-electron chi connectivity index (χ4n) is 14.5. The van der Waals surface area contributed by atoms with Crippen LogP contribution in [0, 0.1) is 68.1 Å². The molecular weight excluding hydrogens is 637 g/mol. The minimum absolute atomic E-state index is 0.00662. The first-order valence-corrected chi connectivity index (χ1v) is 21.0. The van der Waals surface area contributed by atoms with E-state index >= 15 is 0 Å². The lowest BCUT2D eigenvalue weighted by molar-refractivity contribution is 0.209. The molecule has 278 valence electrons. The van der Waals surface area contributed by atoms with Gasteiger partial charge in [-0.1, -0.05) is 83.0 Å². The van der Waals surface area contributed by atoms with Gasteiger partial charge in [0.05, 0.1) is 0 Å². The molecule has 0 spiro atoms. The average molecular weight is 701 g/mol. The van der Waals surface area contributed by atoms with Crippen LogP contribution < -0.4 is 0 Å². The Morgan fingerprint density at radius 3 is 1.44 bits per heavy atom. The van der Waals surface area contributed by atoms with Gasteiger partial charge in [0.15, 0.2) is 0 Å². The van der Waals surface area contributed by atoms with Gasteiger partial charge in [-0.05, 0) is 199 Å². The number of phenols is 3. The highest BCUT2D eigenvalue weighted by Gasteiger charge is 2.60. The second kappa shape index (κ2) is 11.8. The van der Waals surface area contributed by atoms with Gasteiger partial charge in [-0.15, -0.1) is 0 Å². The van der Waals surface area contributed by atoms with Crippen LogP contribution in [0.1, 0.15) is 167 Å². The molecule has 4 bridgehead atoms. The number of phenolic OH excluding ortho intramolecular Hbond substituents is 3. The van der Waals surface area contributed by atoms with Gasteiger partial charge in [0.1, 0.15) is 17.2 Å². The summed E-state index contributed by atoms with van der Waals surface area (Å²) in [4.78, 5) is 0. The number of aromatic hydroxyl groups is 3. The zero-order valence-electron chi connectivity index (χ0n) is 33.4. The highest BCUT2D eigenvalue weighted by atomic mass is 16.3.